The molecule has 0 amide bonds. The minimum Gasteiger partial charge on any atom is -0.0623 e. The number of hydrogen-bond donors (Lipinski definition) is 0. The van der Waals surface area contributed by atoms with E-state index in [1.54, 1.807) is 0 Å². The molecule has 0 radical (unpaired) electrons. The molecule has 1 heteroatoms. The zero-order valence-corrected chi connectivity index (χ0v) is 33.5. The van der Waals surface area contributed by atoms with E-state index in [0.29, 0.717) is 0 Å². The predicted octanol–water partition coefficient (Wildman–Crippen LogP) is 11.2. The van der Waals surface area contributed by atoms with Gasteiger partial charge in [-0.3, -0.25) is 0 Å². The van der Waals surface area contributed by atoms with Crippen LogP contribution in [0.1, 0.15) is 47.2 Å². The Kier molecular flexibility index (Phi) is 8.89. The van der Waals surface area contributed by atoms with Crippen molar-refractivity contribution >= 4 is 40.0 Å². The molecule has 272 valence electrons. The molecular formula is C56H44Si. The lowest BCUT2D eigenvalue weighted by Gasteiger charge is -2.38. The van der Waals surface area contributed by atoms with Crippen LogP contribution in [0.4, 0.5) is 0 Å². The lowest BCUT2D eigenvalue weighted by atomic mass is 9.90. The molecule has 2 aliphatic rings. The van der Waals surface area contributed by atoms with Gasteiger partial charge in [0.25, 0.3) is 0 Å². The van der Waals surface area contributed by atoms with Crippen molar-refractivity contribution in [3.8, 4) is 22.3 Å². The third-order valence-electron chi connectivity index (χ3n) is 12.4. The van der Waals surface area contributed by atoms with E-state index in [-0.39, 0.29) is 0 Å². The van der Waals surface area contributed by atoms with Crippen LogP contribution in [0.2, 0.25) is 0 Å². The summed E-state index contributed by atoms with van der Waals surface area (Å²) in [4.78, 5) is 0. The summed E-state index contributed by atoms with van der Waals surface area (Å²) in [7, 11) is -3.04. The smallest absolute Gasteiger partial charge is 0.0623 e. The average Bonchev–Trinajstić information content (AvgIpc) is 3.82. The Morgan fingerprint density at radius 1 is 0.316 bits per heavy atom. The lowest BCUT2D eigenvalue weighted by Crippen LogP contribution is -2.76. The highest BCUT2D eigenvalue weighted by Gasteiger charge is 2.47. The monoisotopic (exact) mass is 744 g/mol. The first-order valence-corrected chi connectivity index (χ1v) is 22.2. The highest BCUT2D eigenvalue weighted by Crippen LogP contribution is 2.45. The number of benzene rings is 8. The van der Waals surface area contributed by atoms with E-state index in [4.69, 9.17) is 0 Å². The SMILES string of the molecule is CC1=C(c2ccccc2)c2c(-c3ccccc3)ccc([Si](c3ccccc3)(c3ccccc3)c3ccc(-c4ccccc4)c4c3CC(C)=C4c3ccccc3)c2C1. The quantitative estimate of drug-likeness (QED) is 0.107. The summed E-state index contributed by atoms with van der Waals surface area (Å²) in [6, 6.07) is 77.3. The van der Waals surface area contributed by atoms with E-state index in [9.17, 15) is 0 Å². The normalized spacial score (nSPS) is 13.5. The second kappa shape index (κ2) is 14.5. The maximum atomic E-state index is 2.54. The molecule has 0 spiro atoms. The first-order chi connectivity index (χ1) is 28.1. The van der Waals surface area contributed by atoms with Gasteiger partial charge in [0.05, 0.1) is 0 Å². The lowest BCUT2D eigenvalue weighted by molar-refractivity contribution is 1.20. The molecule has 8 aromatic carbocycles. The van der Waals surface area contributed by atoms with Gasteiger partial charge in [0.1, 0.15) is 0 Å². The van der Waals surface area contributed by atoms with Crippen LogP contribution < -0.4 is 20.7 Å². The maximum Gasteiger partial charge on any atom is 0.180 e. The van der Waals surface area contributed by atoms with Crippen molar-refractivity contribution in [2.45, 2.75) is 26.7 Å². The molecule has 10 rings (SSSR count). The molecule has 0 aromatic heterocycles. The van der Waals surface area contributed by atoms with Crippen molar-refractivity contribution in [3.63, 3.8) is 0 Å². The Labute approximate surface area is 338 Å². The van der Waals surface area contributed by atoms with Gasteiger partial charge in [-0.05, 0) is 114 Å². The van der Waals surface area contributed by atoms with Gasteiger partial charge >= 0.3 is 0 Å². The van der Waals surface area contributed by atoms with E-state index in [0.717, 1.165) is 12.8 Å². The zero-order valence-electron chi connectivity index (χ0n) is 32.5. The van der Waals surface area contributed by atoms with E-state index < -0.39 is 8.07 Å². The van der Waals surface area contributed by atoms with E-state index in [1.165, 1.54) is 98.7 Å². The molecule has 0 atom stereocenters. The van der Waals surface area contributed by atoms with Crippen LogP contribution in [0.15, 0.2) is 217 Å². The molecule has 0 fully saturated rings. The molecule has 0 heterocycles. The van der Waals surface area contributed by atoms with Crippen LogP contribution >= 0.6 is 0 Å². The Morgan fingerprint density at radius 3 is 0.947 bits per heavy atom. The van der Waals surface area contributed by atoms with Gasteiger partial charge in [-0.1, -0.05) is 217 Å². The van der Waals surface area contributed by atoms with Crippen molar-refractivity contribution in [1.82, 2.24) is 0 Å². The fraction of sp³-hybridized carbons (Fsp3) is 0.0714. The summed E-state index contributed by atoms with van der Waals surface area (Å²) >= 11 is 0. The molecule has 0 saturated heterocycles. The molecule has 8 aromatic rings. The van der Waals surface area contributed by atoms with Crippen LogP contribution in [-0.4, -0.2) is 8.07 Å². The molecular weight excluding hydrogens is 701 g/mol. The fourth-order valence-corrected chi connectivity index (χ4v) is 15.3. The van der Waals surface area contributed by atoms with Gasteiger partial charge in [-0.25, -0.2) is 0 Å². The highest BCUT2D eigenvalue weighted by molar-refractivity contribution is 7.20. The number of hydrogen-bond acceptors (Lipinski definition) is 0. The van der Waals surface area contributed by atoms with E-state index in [2.05, 4.69) is 220 Å². The second-order valence-electron chi connectivity index (χ2n) is 15.6. The standard InChI is InChI=1S/C56H44Si/c1-39-37-49-51(35-33-47(41-21-9-3-10-22-41)55(49)53(39)43-25-13-5-14-26-43)57(45-29-17-7-18-30-45,46-31-19-8-20-32-46)52-36-34-48(42-23-11-4-12-24-42)56-50(52)38-40(2)54(56)44-27-15-6-16-28-44/h3-36H,37-38H2,1-2H3. The van der Waals surface area contributed by atoms with E-state index in [1.807, 2.05) is 0 Å². The van der Waals surface area contributed by atoms with E-state index >= 15 is 0 Å². The van der Waals surface area contributed by atoms with Crippen molar-refractivity contribution in [2.75, 3.05) is 0 Å². The summed E-state index contributed by atoms with van der Waals surface area (Å²) in [5.41, 5.74) is 19.1. The Bertz CT molecular complexity index is 2600. The van der Waals surface area contributed by atoms with Crippen molar-refractivity contribution in [1.29, 1.82) is 0 Å². The summed E-state index contributed by atoms with van der Waals surface area (Å²) in [6.07, 6.45) is 1.83. The highest BCUT2D eigenvalue weighted by atomic mass is 28.3. The Balaban J connectivity index is 1.35. The van der Waals surface area contributed by atoms with Crippen LogP contribution in [-0.2, 0) is 12.8 Å². The molecule has 0 unspecified atom stereocenters. The number of rotatable bonds is 8. The topological polar surface area (TPSA) is 0 Å². The first-order valence-electron chi connectivity index (χ1n) is 20.2. The number of fused-ring (bicyclic) bond motifs is 2. The summed E-state index contributed by atoms with van der Waals surface area (Å²) < 4.78 is 0. The Hall–Kier alpha value is -6.54. The molecule has 0 bridgehead atoms. The molecule has 0 aliphatic heterocycles. The molecule has 2 aliphatic carbocycles. The molecule has 57 heavy (non-hydrogen) atoms. The van der Waals surface area contributed by atoms with Gasteiger partial charge in [0.2, 0.25) is 0 Å². The molecule has 0 N–H and O–H groups in total. The van der Waals surface area contributed by atoms with Gasteiger partial charge in [0.15, 0.2) is 8.07 Å². The van der Waals surface area contributed by atoms with Gasteiger partial charge in [-0.2, -0.15) is 0 Å². The number of allylic oxidation sites excluding steroid dienone is 2. The minimum atomic E-state index is -3.04. The summed E-state index contributed by atoms with van der Waals surface area (Å²) in [5, 5.41) is 5.80. The van der Waals surface area contributed by atoms with Crippen LogP contribution in [0, 0.1) is 0 Å². The van der Waals surface area contributed by atoms with Gasteiger partial charge < -0.3 is 0 Å². The van der Waals surface area contributed by atoms with Crippen LogP contribution in [0.3, 0.4) is 0 Å². The average molecular weight is 745 g/mol. The zero-order chi connectivity index (χ0) is 38.3. The van der Waals surface area contributed by atoms with Crippen LogP contribution in [0.5, 0.6) is 0 Å². The molecule has 0 saturated carbocycles. The van der Waals surface area contributed by atoms with Gasteiger partial charge in [-0.15, -0.1) is 0 Å². The molecule has 0 nitrogen and oxygen atoms in total. The summed E-state index contributed by atoms with van der Waals surface area (Å²) in [6.45, 7) is 4.72. The summed E-state index contributed by atoms with van der Waals surface area (Å²) in [5.74, 6) is 0. The third kappa shape index (κ3) is 5.73. The van der Waals surface area contributed by atoms with Crippen molar-refractivity contribution in [3.05, 3.63) is 251 Å². The Morgan fingerprint density at radius 2 is 0.614 bits per heavy atom. The minimum absolute atomic E-state index is 0.917. The largest absolute Gasteiger partial charge is 0.180 e. The second-order valence-corrected chi connectivity index (χ2v) is 19.4. The maximum absolute atomic E-state index is 3.04. The third-order valence-corrected chi connectivity index (χ3v) is 17.3. The predicted molar refractivity (Wildman–Crippen MR) is 245 cm³/mol. The van der Waals surface area contributed by atoms with Crippen molar-refractivity contribution in [2.24, 2.45) is 0 Å². The first kappa shape index (κ1) is 34.9. The van der Waals surface area contributed by atoms with Crippen molar-refractivity contribution < 1.29 is 0 Å². The van der Waals surface area contributed by atoms with Crippen LogP contribution in [0.25, 0.3) is 33.4 Å². The van der Waals surface area contributed by atoms with Gasteiger partial charge in [0, 0.05) is 0 Å². The fourth-order valence-electron chi connectivity index (χ4n) is 10.1.